The summed E-state index contributed by atoms with van der Waals surface area (Å²) >= 11 is 0. The van der Waals surface area contributed by atoms with E-state index in [0.717, 1.165) is 16.2 Å². The zero-order valence-electron chi connectivity index (χ0n) is 16.5. The van der Waals surface area contributed by atoms with Gasteiger partial charge in [0.1, 0.15) is 5.82 Å². The molecule has 8 aromatic rings. The zero-order chi connectivity index (χ0) is 20.3. The van der Waals surface area contributed by atoms with Crippen LogP contribution in [0.5, 0.6) is 0 Å². The molecule has 0 radical (unpaired) electrons. The molecule has 0 saturated heterocycles. The summed E-state index contributed by atoms with van der Waals surface area (Å²) in [7, 11) is 0. The molecule has 8 rings (SSSR count). The van der Waals surface area contributed by atoms with Crippen LogP contribution in [0.15, 0.2) is 91.0 Å². The first-order chi connectivity index (χ1) is 15.3. The minimum atomic E-state index is -0.185. The number of rotatable bonds is 0. The molecule has 0 aromatic heterocycles. The van der Waals surface area contributed by atoms with Crippen molar-refractivity contribution in [1.29, 1.82) is 0 Å². The molecule has 1 heteroatoms. The lowest BCUT2D eigenvalue weighted by molar-refractivity contribution is 0.630. The normalized spacial score (nSPS) is 12.7. The topological polar surface area (TPSA) is 0 Å². The molecule has 0 atom stereocenters. The van der Waals surface area contributed by atoms with E-state index in [1.807, 2.05) is 6.07 Å². The fourth-order valence-electron chi connectivity index (χ4n) is 5.97. The lowest BCUT2D eigenvalue weighted by atomic mass is 9.93. The monoisotopic (exact) mass is 394 g/mol. The Bertz CT molecular complexity index is 1990. The van der Waals surface area contributed by atoms with E-state index >= 15 is 0 Å². The van der Waals surface area contributed by atoms with Crippen molar-refractivity contribution in [2.75, 3.05) is 0 Å². The summed E-state index contributed by atoms with van der Waals surface area (Å²) in [6, 6.07) is 31.7. The molecule has 0 aliphatic rings. The van der Waals surface area contributed by atoms with Gasteiger partial charge in [-0.2, -0.15) is 0 Å². The second kappa shape index (κ2) is 5.19. The van der Waals surface area contributed by atoms with Crippen LogP contribution in [0.2, 0.25) is 0 Å². The molecule has 0 aliphatic carbocycles. The van der Waals surface area contributed by atoms with Crippen LogP contribution in [0.4, 0.5) is 4.39 Å². The molecule has 0 saturated carbocycles. The zero-order valence-corrected chi connectivity index (χ0v) is 16.5. The van der Waals surface area contributed by atoms with Crippen LogP contribution in [-0.2, 0) is 0 Å². The molecular weight excluding hydrogens is 379 g/mol. The van der Waals surface area contributed by atoms with E-state index in [9.17, 15) is 4.39 Å². The van der Waals surface area contributed by atoms with Gasteiger partial charge >= 0.3 is 0 Å². The molecule has 31 heavy (non-hydrogen) atoms. The lowest BCUT2D eigenvalue weighted by Gasteiger charge is -2.10. The van der Waals surface area contributed by atoms with E-state index in [1.165, 1.54) is 59.2 Å². The number of benzene rings is 6. The number of fused-ring (bicyclic) bond motifs is 9. The molecule has 0 N–H and O–H groups in total. The Morgan fingerprint density at radius 1 is 0.323 bits per heavy atom. The molecule has 0 spiro atoms. The Kier molecular flexibility index (Phi) is 2.65. The molecular formula is C30H15F. The fraction of sp³-hybridized carbons (Fsp3) is 0. The average molecular weight is 394 g/mol. The van der Waals surface area contributed by atoms with Gasteiger partial charge in [-0.1, -0.05) is 66.7 Å². The van der Waals surface area contributed by atoms with Gasteiger partial charge in [0.2, 0.25) is 0 Å². The second-order valence-electron chi connectivity index (χ2n) is 8.64. The maximum absolute atomic E-state index is 14.2. The minimum Gasteiger partial charge on any atom is -0.207 e. The summed E-state index contributed by atoms with van der Waals surface area (Å²) in [4.78, 5) is 0. The Balaban J connectivity index is 1.75. The van der Waals surface area contributed by atoms with Crippen LogP contribution in [0.25, 0.3) is 75.4 Å². The van der Waals surface area contributed by atoms with Crippen LogP contribution in [0.3, 0.4) is 0 Å². The van der Waals surface area contributed by atoms with E-state index in [2.05, 4.69) is 72.8 Å². The SMILES string of the molecule is Fc1ccc2c(c1)c1cc3c(cc4c5ccccc5c5cccc3c54)c3cccc2c31. The highest BCUT2D eigenvalue weighted by Crippen LogP contribution is 2.47. The van der Waals surface area contributed by atoms with Gasteiger partial charge in [0.05, 0.1) is 0 Å². The highest BCUT2D eigenvalue weighted by Gasteiger charge is 2.18. The van der Waals surface area contributed by atoms with Crippen LogP contribution < -0.4 is 0 Å². The smallest absolute Gasteiger partial charge is 0.123 e. The summed E-state index contributed by atoms with van der Waals surface area (Å²) < 4.78 is 14.2. The molecule has 0 bridgehead atoms. The number of hydrogen-bond acceptors (Lipinski definition) is 0. The maximum atomic E-state index is 14.2. The van der Waals surface area contributed by atoms with Crippen molar-refractivity contribution < 1.29 is 4.39 Å². The number of hydrogen-bond donors (Lipinski definition) is 0. The first kappa shape index (κ1) is 15.8. The third-order valence-corrected chi connectivity index (χ3v) is 7.18. The van der Waals surface area contributed by atoms with Crippen molar-refractivity contribution in [3.8, 4) is 0 Å². The molecule has 0 heterocycles. The Morgan fingerprint density at radius 2 is 0.742 bits per heavy atom. The quantitative estimate of drug-likeness (QED) is 0.225. The van der Waals surface area contributed by atoms with E-state index in [-0.39, 0.29) is 5.82 Å². The highest BCUT2D eigenvalue weighted by molar-refractivity contribution is 6.40. The van der Waals surface area contributed by atoms with Gasteiger partial charge in [0, 0.05) is 0 Å². The van der Waals surface area contributed by atoms with Crippen LogP contribution >= 0.6 is 0 Å². The molecule has 0 unspecified atom stereocenters. The van der Waals surface area contributed by atoms with Gasteiger partial charge in [-0.15, -0.1) is 0 Å². The number of halogens is 1. The standard InChI is InChI=1S/C30H15F/c31-16-11-12-19-21-8-4-10-23-25-14-27-18-6-2-1-5-17(18)20-7-3-9-22(29(20)27)26(25)15-28(30(21)23)24(19)13-16/h1-15H. The fourth-order valence-corrected chi connectivity index (χ4v) is 5.97. The summed E-state index contributed by atoms with van der Waals surface area (Å²) in [5.41, 5.74) is 0. The van der Waals surface area contributed by atoms with Crippen molar-refractivity contribution in [3.63, 3.8) is 0 Å². The van der Waals surface area contributed by atoms with Crippen molar-refractivity contribution in [1.82, 2.24) is 0 Å². The van der Waals surface area contributed by atoms with Crippen LogP contribution in [0, 0.1) is 5.82 Å². The van der Waals surface area contributed by atoms with Gasteiger partial charge in [-0.05, 0) is 99.7 Å². The molecule has 0 aliphatic heterocycles. The predicted molar refractivity (Wildman–Crippen MR) is 131 cm³/mol. The first-order valence-corrected chi connectivity index (χ1v) is 10.6. The first-order valence-electron chi connectivity index (χ1n) is 10.6. The van der Waals surface area contributed by atoms with Crippen molar-refractivity contribution >= 4 is 75.4 Å². The van der Waals surface area contributed by atoms with E-state index in [4.69, 9.17) is 0 Å². The molecule has 0 fully saturated rings. The summed E-state index contributed by atoms with van der Waals surface area (Å²) in [5.74, 6) is -0.185. The predicted octanol–water partition coefficient (Wildman–Crippen LogP) is 8.77. The van der Waals surface area contributed by atoms with E-state index < -0.39 is 0 Å². The highest BCUT2D eigenvalue weighted by atomic mass is 19.1. The lowest BCUT2D eigenvalue weighted by Crippen LogP contribution is -1.82. The van der Waals surface area contributed by atoms with Gasteiger partial charge in [-0.25, -0.2) is 4.39 Å². The Morgan fingerprint density at radius 3 is 1.35 bits per heavy atom. The van der Waals surface area contributed by atoms with Crippen molar-refractivity contribution in [2.45, 2.75) is 0 Å². The Labute approximate surface area is 176 Å². The molecule has 142 valence electrons. The van der Waals surface area contributed by atoms with Gasteiger partial charge in [0.15, 0.2) is 0 Å². The maximum Gasteiger partial charge on any atom is 0.123 e. The molecule has 0 nitrogen and oxygen atoms in total. The van der Waals surface area contributed by atoms with E-state index in [0.29, 0.717) is 0 Å². The van der Waals surface area contributed by atoms with Crippen molar-refractivity contribution in [3.05, 3.63) is 96.8 Å². The minimum absolute atomic E-state index is 0.185. The summed E-state index contributed by atoms with van der Waals surface area (Å²) in [6.45, 7) is 0. The second-order valence-corrected chi connectivity index (χ2v) is 8.64. The van der Waals surface area contributed by atoms with Crippen molar-refractivity contribution in [2.24, 2.45) is 0 Å². The molecule has 0 amide bonds. The largest absolute Gasteiger partial charge is 0.207 e. The van der Waals surface area contributed by atoms with Gasteiger partial charge in [0.25, 0.3) is 0 Å². The van der Waals surface area contributed by atoms with Gasteiger partial charge < -0.3 is 0 Å². The van der Waals surface area contributed by atoms with Gasteiger partial charge in [-0.3, -0.25) is 0 Å². The van der Waals surface area contributed by atoms with Crippen LogP contribution in [0.1, 0.15) is 0 Å². The third kappa shape index (κ3) is 1.77. The summed E-state index contributed by atoms with van der Waals surface area (Å²) in [5, 5.41) is 17.3. The Hall–Kier alpha value is -3.97. The van der Waals surface area contributed by atoms with E-state index in [1.54, 1.807) is 12.1 Å². The summed E-state index contributed by atoms with van der Waals surface area (Å²) in [6.07, 6.45) is 0. The third-order valence-electron chi connectivity index (χ3n) is 7.18. The van der Waals surface area contributed by atoms with Crippen LogP contribution in [-0.4, -0.2) is 0 Å². The average Bonchev–Trinajstić information content (AvgIpc) is 3.30. The molecule has 8 aromatic carbocycles.